The van der Waals surface area contributed by atoms with Crippen molar-refractivity contribution in [3.05, 3.63) is 41.6 Å². The lowest BCUT2D eigenvalue weighted by molar-refractivity contribution is -0.143. The van der Waals surface area contributed by atoms with E-state index in [1.54, 1.807) is 7.11 Å². The van der Waals surface area contributed by atoms with Gasteiger partial charge in [0.2, 0.25) is 5.76 Å². The summed E-state index contributed by atoms with van der Waals surface area (Å²) < 4.78 is 15.3. The number of allylic oxidation sites excluding steroid dienone is 1. The van der Waals surface area contributed by atoms with Crippen molar-refractivity contribution in [3.8, 4) is 11.8 Å². The Morgan fingerprint density at radius 3 is 2.82 bits per heavy atom. The highest BCUT2D eigenvalue weighted by molar-refractivity contribution is 8.03. The number of nitriles is 1. The normalized spacial score (nSPS) is 14.0. The molecule has 148 valence electrons. The van der Waals surface area contributed by atoms with Crippen molar-refractivity contribution < 1.29 is 23.8 Å². The number of fused-ring (bicyclic) bond motifs is 1. The van der Waals surface area contributed by atoms with Crippen LogP contribution in [-0.2, 0) is 19.1 Å². The van der Waals surface area contributed by atoms with Crippen molar-refractivity contribution in [2.24, 2.45) is 0 Å². The molecule has 2 rings (SSSR count). The van der Waals surface area contributed by atoms with Gasteiger partial charge >= 0.3 is 11.9 Å². The summed E-state index contributed by atoms with van der Waals surface area (Å²) in [6.07, 6.45) is 2.76. The van der Waals surface area contributed by atoms with Gasteiger partial charge in [-0.1, -0.05) is 31.7 Å². The Morgan fingerprint density at radius 1 is 1.39 bits per heavy atom. The second-order valence-corrected chi connectivity index (χ2v) is 6.81. The largest absolute Gasteiger partial charge is 0.497 e. The molecule has 0 fully saturated rings. The monoisotopic (exact) mass is 402 g/mol. The number of thioether (sulfide) groups is 1. The van der Waals surface area contributed by atoms with E-state index in [-0.39, 0.29) is 18.8 Å². The maximum Gasteiger partial charge on any atom is 0.330 e. The zero-order valence-electron chi connectivity index (χ0n) is 15.9. The van der Waals surface area contributed by atoms with Crippen LogP contribution in [0.2, 0.25) is 0 Å². The van der Waals surface area contributed by atoms with Gasteiger partial charge in [-0.2, -0.15) is 5.26 Å². The summed E-state index contributed by atoms with van der Waals surface area (Å²) in [7, 11) is 1.59. The number of nitrogens with zero attached hydrogens (tertiary/aromatic N) is 2. The lowest BCUT2D eigenvalue weighted by Crippen LogP contribution is -2.21. The highest BCUT2D eigenvalue weighted by Crippen LogP contribution is 2.48. The number of rotatable bonds is 9. The van der Waals surface area contributed by atoms with Crippen molar-refractivity contribution in [3.63, 3.8) is 0 Å². The summed E-state index contributed by atoms with van der Waals surface area (Å²) in [5, 5.41) is 10.1. The summed E-state index contributed by atoms with van der Waals surface area (Å²) >= 11 is 1.36. The van der Waals surface area contributed by atoms with E-state index in [1.165, 1.54) is 11.8 Å². The number of hydrogen-bond acceptors (Lipinski definition) is 8. The SMILES string of the molecule is C=CC(=O)OCCC(=O)O/C(C#N)=C1\Sc2cc(OC)ccc2N1CCCC. The first-order valence-corrected chi connectivity index (χ1v) is 9.63. The number of carbonyl (C=O) groups excluding carboxylic acids is 2. The van der Waals surface area contributed by atoms with E-state index in [4.69, 9.17) is 14.2 Å². The molecule has 0 aromatic heterocycles. The molecule has 0 N–H and O–H groups in total. The van der Waals surface area contributed by atoms with Crippen LogP contribution in [0, 0.1) is 11.3 Å². The van der Waals surface area contributed by atoms with Crippen LogP contribution in [-0.4, -0.2) is 32.2 Å². The Balaban J connectivity index is 2.20. The van der Waals surface area contributed by atoms with Gasteiger partial charge in [0, 0.05) is 17.5 Å². The third kappa shape index (κ3) is 5.30. The second kappa shape index (κ2) is 10.4. The maximum atomic E-state index is 12.1. The van der Waals surface area contributed by atoms with E-state index in [2.05, 4.69) is 13.5 Å². The Bertz CT molecular complexity index is 828. The zero-order chi connectivity index (χ0) is 20.5. The maximum absolute atomic E-state index is 12.1. The van der Waals surface area contributed by atoms with Crippen molar-refractivity contribution in [2.45, 2.75) is 31.1 Å². The minimum Gasteiger partial charge on any atom is -0.497 e. The minimum absolute atomic E-state index is 0.0729. The van der Waals surface area contributed by atoms with Crippen molar-refractivity contribution in [1.82, 2.24) is 0 Å². The molecule has 1 aromatic rings. The van der Waals surface area contributed by atoms with Gasteiger partial charge in [0.05, 0.1) is 19.2 Å². The lowest BCUT2D eigenvalue weighted by Gasteiger charge is -2.20. The first kappa shape index (κ1) is 21.4. The third-order valence-corrected chi connectivity index (χ3v) is 5.02. The molecule has 0 saturated carbocycles. The standard InChI is InChI=1S/C20H22N2O5S/c1-4-6-10-22-15-8-7-14(25-3)12-17(15)28-20(22)16(13-21)27-19(24)9-11-26-18(23)5-2/h5,7-8,12H,2,4,6,9-11H2,1,3H3/b20-16-. The number of carbonyl (C=O) groups is 2. The highest BCUT2D eigenvalue weighted by atomic mass is 32.2. The van der Waals surface area contributed by atoms with Crippen LogP contribution in [0.5, 0.6) is 5.75 Å². The van der Waals surface area contributed by atoms with Crippen LogP contribution in [0.4, 0.5) is 5.69 Å². The van der Waals surface area contributed by atoms with Crippen molar-refractivity contribution in [2.75, 3.05) is 25.2 Å². The lowest BCUT2D eigenvalue weighted by atomic mass is 10.2. The molecule has 1 aliphatic rings. The molecule has 0 atom stereocenters. The fourth-order valence-electron chi connectivity index (χ4n) is 2.48. The van der Waals surface area contributed by atoms with Gasteiger partial charge in [-0.25, -0.2) is 4.79 Å². The number of ether oxygens (including phenoxy) is 3. The summed E-state index contributed by atoms with van der Waals surface area (Å²) in [4.78, 5) is 26.0. The molecule has 8 heteroatoms. The predicted octanol–water partition coefficient (Wildman–Crippen LogP) is 3.76. The molecule has 1 aliphatic heterocycles. The molecule has 1 heterocycles. The molecule has 28 heavy (non-hydrogen) atoms. The van der Waals surface area contributed by atoms with Crippen molar-refractivity contribution >= 4 is 29.4 Å². The summed E-state index contributed by atoms with van der Waals surface area (Å²) in [6, 6.07) is 7.64. The van der Waals surface area contributed by atoms with Gasteiger partial charge in [-0.05, 0) is 24.6 Å². The Morgan fingerprint density at radius 2 is 2.18 bits per heavy atom. The smallest absolute Gasteiger partial charge is 0.330 e. The van der Waals surface area contributed by atoms with Crippen LogP contribution in [0.1, 0.15) is 26.2 Å². The van der Waals surface area contributed by atoms with E-state index < -0.39 is 11.9 Å². The molecule has 0 unspecified atom stereocenters. The molecular weight excluding hydrogens is 380 g/mol. The summed E-state index contributed by atoms with van der Waals surface area (Å²) in [5.74, 6) is -0.627. The van der Waals surface area contributed by atoms with Crippen LogP contribution < -0.4 is 9.64 Å². The van der Waals surface area contributed by atoms with Crippen LogP contribution >= 0.6 is 11.8 Å². The van der Waals surface area contributed by atoms with E-state index in [0.717, 1.165) is 29.5 Å². The molecular formula is C20H22N2O5S. The second-order valence-electron chi connectivity index (χ2n) is 5.78. The van der Waals surface area contributed by atoms with Gasteiger partial charge in [-0.15, -0.1) is 0 Å². The molecule has 0 spiro atoms. The zero-order valence-corrected chi connectivity index (χ0v) is 16.7. The van der Waals surface area contributed by atoms with E-state index in [0.29, 0.717) is 17.3 Å². The Hall–Kier alpha value is -2.92. The fraction of sp³-hybridized carbons (Fsp3) is 0.350. The summed E-state index contributed by atoms with van der Waals surface area (Å²) in [5.41, 5.74) is 0.943. The fourth-order valence-corrected chi connectivity index (χ4v) is 3.62. The first-order valence-electron chi connectivity index (χ1n) is 8.81. The first-order chi connectivity index (χ1) is 13.5. The molecule has 0 saturated heterocycles. The van der Waals surface area contributed by atoms with Crippen LogP contribution in [0.3, 0.4) is 0 Å². The molecule has 0 bridgehead atoms. The van der Waals surface area contributed by atoms with Crippen LogP contribution in [0.25, 0.3) is 0 Å². The number of hydrogen-bond donors (Lipinski definition) is 0. The van der Waals surface area contributed by atoms with Gasteiger partial charge in [0.1, 0.15) is 23.5 Å². The average molecular weight is 402 g/mol. The van der Waals surface area contributed by atoms with Crippen molar-refractivity contribution in [1.29, 1.82) is 5.26 Å². The average Bonchev–Trinajstić information content (AvgIpc) is 3.07. The van der Waals surface area contributed by atoms with Crippen LogP contribution in [0.15, 0.2) is 46.5 Å². The quantitative estimate of drug-likeness (QED) is 0.267. The number of unbranched alkanes of at least 4 members (excludes halogenated alkanes) is 1. The predicted molar refractivity (Wildman–Crippen MR) is 106 cm³/mol. The number of esters is 2. The molecule has 7 nitrogen and oxygen atoms in total. The molecule has 0 aliphatic carbocycles. The van der Waals surface area contributed by atoms with Gasteiger partial charge in [0.15, 0.2) is 0 Å². The minimum atomic E-state index is -0.648. The highest BCUT2D eigenvalue weighted by Gasteiger charge is 2.30. The Kier molecular flexibility index (Phi) is 7.96. The van der Waals surface area contributed by atoms with E-state index in [9.17, 15) is 14.9 Å². The topological polar surface area (TPSA) is 88.9 Å². The number of benzene rings is 1. The van der Waals surface area contributed by atoms with Gasteiger partial charge < -0.3 is 19.1 Å². The van der Waals surface area contributed by atoms with Gasteiger partial charge in [0.25, 0.3) is 0 Å². The summed E-state index contributed by atoms with van der Waals surface area (Å²) in [6.45, 7) is 5.91. The van der Waals surface area contributed by atoms with Gasteiger partial charge in [-0.3, -0.25) is 4.79 Å². The van der Waals surface area contributed by atoms with E-state index in [1.807, 2.05) is 29.2 Å². The Labute approximate surface area is 168 Å². The third-order valence-electron chi connectivity index (χ3n) is 3.87. The number of methoxy groups -OCH3 is 1. The number of anilines is 1. The molecule has 1 aromatic carbocycles. The molecule has 0 amide bonds. The molecule has 0 radical (unpaired) electrons. The van der Waals surface area contributed by atoms with E-state index >= 15 is 0 Å².